The Morgan fingerprint density at radius 2 is 1.73 bits per heavy atom. The highest BCUT2D eigenvalue weighted by molar-refractivity contribution is 7.87. The smallest absolute Gasteiger partial charge is 0.263 e. The van der Waals surface area contributed by atoms with E-state index < -0.39 is 10.1 Å². The van der Waals surface area contributed by atoms with Crippen LogP contribution in [0.25, 0.3) is 0 Å². The van der Waals surface area contributed by atoms with Crippen molar-refractivity contribution < 1.29 is 12.6 Å². The standard InChI is InChI=1S/C18H22O3S/c1-8-5-12-14(8)13-6-10(3)21-22(19,20)17(13)16-15(12)11(4)18(16)7-9(18)2/h8-11H,5-7H2,1-4H3/t8-,9-,10+,11+,18-/m0/s1. The normalized spacial score (nSPS) is 42.7. The first-order valence-electron chi connectivity index (χ1n) is 8.44. The summed E-state index contributed by atoms with van der Waals surface area (Å²) in [6.07, 6.45) is 2.76. The summed E-state index contributed by atoms with van der Waals surface area (Å²) in [7, 11) is -3.60. The third-order valence-corrected chi connectivity index (χ3v) is 8.35. The fourth-order valence-electron chi connectivity index (χ4n) is 5.77. The van der Waals surface area contributed by atoms with Crippen LogP contribution in [-0.2, 0) is 32.6 Å². The molecule has 1 saturated carbocycles. The van der Waals surface area contributed by atoms with Gasteiger partial charge in [-0.3, -0.25) is 4.18 Å². The van der Waals surface area contributed by atoms with E-state index in [4.69, 9.17) is 4.18 Å². The van der Waals surface area contributed by atoms with Crippen LogP contribution in [0.4, 0.5) is 0 Å². The Morgan fingerprint density at radius 3 is 2.32 bits per heavy atom. The molecule has 0 saturated heterocycles. The van der Waals surface area contributed by atoms with E-state index in [0.717, 1.165) is 30.4 Å². The van der Waals surface area contributed by atoms with Gasteiger partial charge in [-0.2, -0.15) is 8.42 Å². The minimum absolute atomic E-state index is 0.129. The van der Waals surface area contributed by atoms with Crippen molar-refractivity contribution in [2.24, 2.45) is 5.92 Å². The molecule has 0 N–H and O–H groups in total. The van der Waals surface area contributed by atoms with Crippen LogP contribution in [0.1, 0.15) is 73.8 Å². The molecule has 4 aliphatic rings. The molecule has 1 aromatic carbocycles. The molecule has 3 aliphatic carbocycles. The zero-order chi connectivity index (χ0) is 15.6. The van der Waals surface area contributed by atoms with Crippen molar-refractivity contribution in [1.29, 1.82) is 0 Å². The zero-order valence-corrected chi connectivity index (χ0v) is 14.4. The van der Waals surface area contributed by atoms with Gasteiger partial charge in [0.2, 0.25) is 0 Å². The van der Waals surface area contributed by atoms with Crippen LogP contribution in [0.15, 0.2) is 4.90 Å². The Morgan fingerprint density at radius 1 is 1.05 bits per heavy atom. The van der Waals surface area contributed by atoms with Gasteiger partial charge in [-0.25, -0.2) is 0 Å². The van der Waals surface area contributed by atoms with Crippen molar-refractivity contribution in [3.63, 3.8) is 0 Å². The molecule has 3 nitrogen and oxygen atoms in total. The quantitative estimate of drug-likeness (QED) is 0.689. The highest BCUT2D eigenvalue weighted by Gasteiger charge is 2.67. The first kappa shape index (κ1) is 13.6. The van der Waals surface area contributed by atoms with Gasteiger partial charge < -0.3 is 0 Å². The maximum absolute atomic E-state index is 12.8. The van der Waals surface area contributed by atoms with Crippen LogP contribution in [-0.4, -0.2) is 14.5 Å². The van der Waals surface area contributed by atoms with Gasteiger partial charge in [-0.05, 0) is 65.3 Å². The van der Waals surface area contributed by atoms with E-state index in [1.165, 1.54) is 16.7 Å². The van der Waals surface area contributed by atoms with Crippen LogP contribution >= 0.6 is 0 Å². The molecule has 5 rings (SSSR count). The van der Waals surface area contributed by atoms with E-state index >= 15 is 0 Å². The average Bonchev–Trinajstić information content (AvgIpc) is 3.08. The van der Waals surface area contributed by atoms with Gasteiger partial charge in [-0.1, -0.05) is 20.8 Å². The monoisotopic (exact) mass is 318 g/mol. The van der Waals surface area contributed by atoms with Crippen molar-refractivity contribution in [1.82, 2.24) is 0 Å². The summed E-state index contributed by atoms with van der Waals surface area (Å²) < 4.78 is 31.0. The van der Waals surface area contributed by atoms with E-state index in [9.17, 15) is 8.42 Å². The average molecular weight is 318 g/mol. The van der Waals surface area contributed by atoms with Gasteiger partial charge in [0.05, 0.1) is 6.10 Å². The minimum atomic E-state index is -3.60. The third-order valence-electron chi connectivity index (χ3n) is 6.82. The van der Waals surface area contributed by atoms with E-state index in [1.807, 2.05) is 6.92 Å². The number of hydrogen-bond donors (Lipinski definition) is 0. The van der Waals surface area contributed by atoms with Crippen molar-refractivity contribution in [2.45, 2.75) is 75.2 Å². The molecule has 0 bridgehead atoms. The molecule has 22 heavy (non-hydrogen) atoms. The maximum Gasteiger partial charge on any atom is 0.297 e. The first-order valence-corrected chi connectivity index (χ1v) is 9.85. The summed E-state index contributed by atoms with van der Waals surface area (Å²) in [5.74, 6) is 1.61. The number of rotatable bonds is 0. The molecule has 1 spiro atoms. The molecule has 0 aromatic heterocycles. The Kier molecular flexibility index (Phi) is 2.23. The second-order valence-electron chi connectivity index (χ2n) is 8.03. The van der Waals surface area contributed by atoms with Crippen molar-refractivity contribution >= 4 is 10.1 Å². The minimum Gasteiger partial charge on any atom is -0.263 e. The van der Waals surface area contributed by atoms with E-state index in [-0.39, 0.29) is 11.5 Å². The second-order valence-corrected chi connectivity index (χ2v) is 9.54. The fourth-order valence-corrected chi connectivity index (χ4v) is 7.41. The maximum atomic E-state index is 12.8. The van der Waals surface area contributed by atoms with Gasteiger partial charge in [0, 0.05) is 11.8 Å². The van der Waals surface area contributed by atoms with Gasteiger partial charge in [-0.15, -0.1) is 0 Å². The van der Waals surface area contributed by atoms with E-state index in [0.29, 0.717) is 22.6 Å². The Bertz CT molecular complexity index is 839. The lowest BCUT2D eigenvalue weighted by Crippen LogP contribution is -2.42. The van der Waals surface area contributed by atoms with E-state index in [1.54, 1.807) is 0 Å². The van der Waals surface area contributed by atoms with Crippen molar-refractivity contribution in [3.8, 4) is 0 Å². The lowest BCUT2D eigenvalue weighted by molar-refractivity contribution is 0.214. The predicted octanol–water partition coefficient (Wildman–Crippen LogP) is 3.39. The molecule has 1 aliphatic heterocycles. The Hall–Kier alpha value is -0.870. The Balaban J connectivity index is 1.89. The molecule has 118 valence electrons. The number of hydrogen-bond acceptors (Lipinski definition) is 3. The highest BCUT2D eigenvalue weighted by Crippen LogP contribution is 2.73. The lowest BCUT2D eigenvalue weighted by Gasteiger charge is -2.49. The van der Waals surface area contributed by atoms with E-state index in [2.05, 4.69) is 20.8 Å². The van der Waals surface area contributed by atoms with Gasteiger partial charge in [0.15, 0.2) is 0 Å². The molecular formula is C18H22O3S. The molecule has 1 heterocycles. The highest BCUT2D eigenvalue weighted by atomic mass is 32.2. The predicted molar refractivity (Wildman–Crippen MR) is 83.9 cm³/mol. The molecule has 0 radical (unpaired) electrons. The fraction of sp³-hybridized carbons (Fsp3) is 0.667. The van der Waals surface area contributed by atoms with Crippen molar-refractivity contribution in [3.05, 3.63) is 27.8 Å². The number of fused-ring (bicyclic) bond motifs is 7. The lowest BCUT2D eigenvalue weighted by atomic mass is 9.57. The third kappa shape index (κ3) is 1.24. The van der Waals surface area contributed by atoms with Gasteiger partial charge in [0.25, 0.3) is 10.1 Å². The molecule has 4 heteroatoms. The Labute approximate surface area is 132 Å². The van der Waals surface area contributed by atoms with Crippen LogP contribution in [0, 0.1) is 5.92 Å². The largest absolute Gasteiger partial charge is 0.297 e. The molecule has 5 atom stereocenters. The van der Waals surface area contributed by atoms with Gasteiger partial charge in [0.1, 0.15) is 4.90 Å². The summed E-state index contributed by atoms with van der Waals surface area (Å²) in [5.41, 5.74) is 6.55. The molecular weight excluding hydrogens is 296 g/mol. The molecule has 0 amide bonds. The molecule has 1 fully saturated rings. The summed E-state index contributed by atoms with van der Waals surface area (Å²) in [6.45, 7) is 8.64. The van der Waals surface area contributed by atoms with Crippen LogP contribution in [0.3, 0.4) is 0 Å². The summed E-state index contributed by atoms with van der Waals surface area (Å²) in [4.78, 5) is 0.577. The second kappa shape index (κ2) is 3.62. The molecule has 0 unspecified atom stereocenters. The van der Waals surface area contributed by atoms with Crippen LogP contribution in [0.5, 0.6) is 0 Å². The first-order chi connectivity index (χ1) is 10.3. The topological polar surface area (TPSA) is 43.4 Å². The number of benzene rings is 1. The summed E-state index contributed by atoms with van der Waals surface area (Å²) in [6, 6.07) is 0. The van der Waals surface area contributed by atoms with Gasteiger partial charge >= 0.3 is 0 Å². The van der Waals surface area contributed by atoms with Crippen LogP contribution < -0.4 is 0 Å². The zero-order valence-electron chi connectivity index (χ0n) is 13.6. The van der Waals surface area contributed by atoms with Crippen molar-refractivity contribution in [2.75, 3.05) is 0 Å². The molecule has 1 aromatic rings. The summed E-state index contributed by atoms with van der Waals surface area (Å²) in [5, 5.41) is 0. The SMILES string of the molecule is C[C@@H]1Cc2c3c(c4c(c2S(=O)(=O)O1)[C@]1(C[C@@H]1C)[C@@H]4C)C[C@@H]3C. The summed E-state index contributed by atoms with van der Waals surface area (Å²) >= 11 is 0. The van der Waals surface area contributed by atoms with Crippen LogP contribution in [0.2, 0.25) is 0 Å².